The van der Waals surface area contributed by atoms with E-state index in [0.717, 1.165) is 6.54 Å². The molecule has 1 N–H and O–H groups in total. The third kappa shape index (κ3) is 2.00. The molecule has 0 aliphatic rings. The molecule has 2 aromatic heterocycles. The van der Waals surface area contributed by atoms with Gasteiger partial charge in [0.2, 0.25) is 0 Å². The highest BCUT2D eigenvalue weighted by molar-refractivity contribution is 7.10. The van der Waals surface area contributed by atoms with E-state index in [2.05, 4.69) is 39.3 Å². The first kappa shape index (κ1) is 9.76. The van der Waals surface area contributed by atoms with Crippen LogP contribution >= 0.6 is 22.9 Å². The molecule has 0 aliphatic carbocycles. The average Bonchev–Trinajstić information content (AvgIpc) is 2.87. The fourth-order valence-corrected chi connectivity index (χ4v) is 2.79. The molecular weight excluding hydrogens is 214 g/mol. The van der Waals surface area contributed by atoms with Crippen LogP contribution in [0, 0.1) is 0 Å². The van der Waals surface area contributed by atoms with Gasteiger partial charge in [0.25, 0.3) is 0 Å². The normalized spacial score (nSPS) is 12.9. The smallest absolute Gasteiger partial charge is 0.0797 e. The quantitative estimate of drug-likeness (QED) is 0.867. The maximum Gasteiger partial charge on any atom is 0.0797 e. The Morgan fingerprint density at radius 3 is 3.00 bits per heavy atom. The van der Waals surface area contributed by atoms with E-state index < -0.39 is 0 Å². The zero-order valence-electron chi connectivity index (χ0n) is 7.80. The van der Waals surface area contributed by atoms with Gasteiger partial charge in [0.15, 0.2) is 0 Å². The van der Waals surface area contributed by atoms with Crippen LogP contribution in [-0.4, -0.2) is 16.1 Å². The number of nitrogens with one attached hydrogen (secondary N) is 1. The van der Waals surface area contributed by atoms with E-state index in [4.69, 9.17) is 0 Å². The van der Waals surface area contributed by atoms with Crippen molar-refractivity contribution in [1.29, 1.82) is 0 Å². The molecule has 74 valence electrons. The number of hydrogen-bond donors (Lipinski definition) is 1. The number of hydrogen-bond acceptors (Lipinski definition) is 5. The van der Waals surface area contributed by atoms with Crippen LogP contribution in [0.15, 0.2) is 23.7 Å². The van der Waals surface area contributed by atoms with Crippen LogP contribution < -0.4 is 5.32 Å². The molecule has 5 heteroatoms. The highest BCUT2D eigenvalue weighted by Crippen LogP contribution is 2.26. The van der Waals surface area contributed by atoms with Gasteiger partial charge < -0.3 is 5.32 Å². The maximum absolute atomic E-state index is 3.89. The third-order valence-corrected chi connectivity index (χ3v) is 3.56. The topological polar surface area (TPSA) is 37.8 Å². The lowest BCUT2D eigenvalue weighted by Gasteiger charge is -2.12. The molecule has 0 saturated carbocycles. The number of rotatable bonds is 4. The second kappa shape index (κ2) is 4.63. The van der Waals surface area contributed by atoms with Crippen molar-refractivity contribution < 1.29 is 0 Å². The number of nitrogens with zero attached hydrogens (tertiary/aromatic N) is 2. The van der Waals surface area contributed by atoms with E-state index in [1.807, 2.05) is 6.20 Å². The van der Waals surface area contributed by atoms with Crippen LogP contribution in [0.1, 0.15) is 22.7 Å². The molecule has 14 heavy (non-hydrogen) atoms. The lowest BCUT2D eigenvalue weighted by Crippen LogP contribution is -2.20. The van der Waals surface area contributed by atoms with Gasteiger partial charge in [0, 0.05) is 4.88 Å². The fraction of sp³-hybridized carbons (Fsp3) is 0.333. The molecule has 0 spiro atoms. The Labute approximate surface area is 91.0 Å². The Kier molecular flexibility index (Phi) is 3.23. The summed E-state index contributed by atoms with van der Waals surface area (Å²) in [5.74, 6) is 0. The molecule has 2 rings (SSSR count). The van der Waals surface area contributed by atoms with Crippen molar-refractivity contribution in [3.63, 3.8) is 0 Å². The lowest BCUT2D eigenvalue weighted by atomic mass is 10.2. The Morgan fingerprint density at radius 1 is 1.50 bits per heavy atom. The van der Waals surface area contributed by atoms with Crippen molar-refractivity contribution in [2.75, 3.05) is 6.54 Å². The lowest BCUT2D eigenvalue weighted by molar-refractivity contribution is 0.647. The van der Waals surface area contributed by atoms with E-state index in [1.54, 1.807) is 11.3 Å². The summed E-state index contributed by atoms with van der Waals surface area (Å²) in [5, 5.41) is 9.39. The van der Waals surface area contributed by atoms with Gasteiger partial charge in [0.05, 0.1) is 17.1 Å². The molecular formula is C9H11N3S2. The minimum atomic E-state index is 0.264. The van der Waals surface area contributed by atoms with Gasteiger partial charge in [-0.2, -0.15) is 0 Å². The van der Waals surface area contributed by atoms with E-state index >= 15 is 0 Å². The van der Waals surface area contributed by atoms with E-state index in [1.165, 1.54) is 21.3 Å². The van der Waals surface area contributed by atoms with E-state index in [-0.39, 0.29) is 6.04 Å². The number of aromatic nitrogens is 2. The van der Waals surface area contributed by atoms with Gasteiger partial charge in [0.1, 0.15) is 0 Å². The SMILES string of the molecule is CCNC(c1cccs1)c1cnns1. The van der Waals surface area contributed by atoms with Gasteiger partial charge in [-0.15, -0.1) is 16.4 Å². The largest absolute Gasteiger partial charge is 0.305 e. The second-order valence-corrected chi connectivity index (χ2v) is 4.62. The average molecular weight is 225 g/mol. The van der Waals surface area contributed by atoms with Gasteiger partial charge >= 0.3 is 0 Å². The van der Waals surface area contributed by atoms with Crippen molar-refractivity contribution in [2.45, 2.75) is 13.0 Å². The summed E-state index contributed by atoms with van der Waals surface area (Å²) >= 11 is 3.21. The van der Waals surface area contributed by atoms with Crippen LogP contribution in [0.3, 0.4) is 0 Å². The van der Waals surface area contributed by atoms with Crippen molar-refractivity contribution in [3.05, 3.63) is 33.5 Å². The Balaban J connectivity index is 2.25. The van der Waals surface area contributed by atoms with Crippen LogP contribution in [0.5, 0.6) is 0 Å². The Morgan fingerprint density at radius 2 is 2.43 bits per heavy atom. The summed E-state index contributed by atoms with van der Waals surface area (Å²) in [6.07, 6.45) is 1.83. The summed E-state index contributed by atoms with van der Waals surface area (Å²) in [6.45, 7) is 3.05. The summed E-state index contributed by atoms with van der Waals surface area (Å²) in [5.41, 5.74) is 0. The van der Waals surface area contributed by atoms with Crippen LogP contribution in [0.4, 0.5) is 0 Å². The fourth-order valence-electron chi connectivity index (χ4n) is 1.30. The first-order valence-electron chi connectivity index (χ1n) is 4.46. The van der Waals surface area contributed by atoms with Gasteiger partial charge in [-0.05, 0) is 29.5 Å². The highest BCUT2D eigenvalue weighted by atomic mass is 32.1. The van der Waals surface area contributed by atoms with Crippen molar-refractivity contribution >= 4 is 22.9 Å². The molecule has 3 nitrogen and oxygen atoms in total. The third-order valence-electron chi connectivity index (χ3n) is 1.90. The van der Waals surface area contributed by atoms with Gasteiger partial charge in [-0.3, -0.25) is 0 Å². The first-order chi connectivity index (χ1) is 6.92. The zero-order chi connectivity index (χ0) is 9.80. The molecule has 1 unspecified atom stereocenters. The van der Waals surface area contributed by atoms with E-state index in [0.29, 0.717) is 0 Å². The van der Waals surface area contributed by atoms with Crippen molar-refractivity contribution in [1.82, 2.24) is 14.9 Å². The molecule has 0 aliphatic heterocycles. The first-order valence-corrected chi connectivity index (χ1v) is 6.11. The molecule has 0 saturated heterocycles. The molecule has 2 aromatic rings. The minimum Gasteiger partial charge on any atom is -0.305 e. The summed E-state index contributed by atoms with van der Waals surface area (Å²) in [6, 6.07) is 4.47. The second-order valence-electron chi connectivity index (χ2n) is 2.83. The van der Waals surface area contributed by atoms with Crippen molar-refractivity contribution in [3.8, 4) is 0 Å². The molecule has 1 atom stereocenters. The molecule has 0 fully saturated rings. The predicted octanol–water partition coefficient (Wildman–Crippen LogP) is 2.30. The zero-order valence-corrected chi connectivity index (χ0v) is 9.44. The summed E-state index contributed by atoms with van der Waals surface area (Å²) in [4.78, 5) is 2.49. The van der Waals surface area contributed by atoms with Crippen LogP contribution in [0.2, 0.25) is 0 Å². The highest BCUT2D eigenvalue weighted by Gasteiger charge is 2.15. The van der Waals surface area contributed by atoms with Gasteiger partial charge in [-0.25, -0.2) is 0 Å². The van der Waals surface area contributed by atoms with Crippen molar-refractivity contribution in [2.24, 2.45) is 0 Å². The van der Waals surface area contributed by atoms with Crippen LogP contribution in [-0.2, 0) is 0 Å². The molecule has 0 amide bonds. The van der Waals surface area contributed by atoms with Crippen LogP contribution in [0.25, 0.3) is 0 Å². The Bertz CT molecular complexity index is 321. The molecule has 0 radical (unpaired) electrons. The molecule has 0 bridgehead atoms. The predicted molar refractivity (Wildman–Crippen MR) is 59.7 cm³/mol. The standard InChI is InChI=1S/C9H11N3S2/c1-2-10-9(7-4-3-5-13-7)8-6-11-12-14-8/h3-6,9-10H,2H2,1H3. The van der Waals surface area contributed by atoms with E-state index in [9.17, 15) is 0 Å². The molecule has 0 aromatic carbocycles. The summed E-state index contributed by atoms with van der Waals surface area (Å²) in [7, 11) is 0. The Hall–Kier alpha value is -0.780. The monoisotopic (exact) mass is 225 g/mol. The minimum absolute atomic E-state index is 0.264. The van der Waals surface area contributed by atoms with Gasteiger partial charge in [-0.1, -0.05) is 17.5 Å². The number of thiophene rings is 1. The summed E-state index contributed by atoms with van der Waals surface area (Å²) < 4.78 is 3.89. The maximum atomic E-state index is 3.89. The molecule has 2 heterocycles.